The minimum Gasteiger partial charge on any atom is -0.346 e. The second kappa shape index (κ2) is 2.88. The molecule has 0 atom stereocenters. The van der Waals surface area contributed by atoms with E-state index >= 15 is 0 Å². The smallest absolute Gasteiger partial charge is 0.0279 e. The molecule has 0 unspecified atom stereocenters. The van der Waals surface area contributed by atoms with Crippen molar-refractivity contribution in [2.24, 2.45) is 0 Å². The molecule has 76 valence electrons. The van der Waals surface area contributed by atoms with Gasteiger partial charge in [0.15, 0.2) is 0 Å². The highest BCUT2D eigenvalue weighted by molar-refractivity contribution is 5.44. The normalized spacial score (nSPS) is 19.1. The third kappa shape index (κ3) is 0.958. The fraction of sp³-hybridized carbons (Fsp3) is 0.692. The molecule has 1 aromatic heterocycles. The summed E-state index contributed by atoms with van der Waals surface area (Å²) < 4.78 is 2.64. The van der Waals surface area contributed by atoms with E-state index < -0.39 is 0 Å². The molecular formula is C13H19N. The lowest BCUT2D eigenvalue weighted by molar-refractivity contribution is 0.555. The summed E-state index contributed by atoms with van der Waals surface area (Å²) in [5.41, 5.74) is 6.85. The Morgan fingerprint density at radius 3 is 1.79 bits per heavy atom. The number of hydrogen-bond acceptors (Lipinski definition) is 0. The standard InChI is InChI=1S/C13H19N/c1-9(2)14-12-7-3-5-10(12)11-6-4-8-13(11)14/h9H,3-8H2,1-2H3. The Hall–Kier alpha value is -0.720. The number of aromatic nitrogens is 1. The van der Waals surface area contributed by atoms with Crippen LogP contribution in [-0.2, 0) is 25.7 Å². The van der Waals surface area contributed by atoms with E-state index in [0.717, 1.165) is 0 Å². The summed E-state index contributed by atoms with van der Waals surface area (Å²) in [5, 5.41) is 0. The van der Waals surface area contributed by atoms with Gasteiger partial charge >= 0.3 is 0 Å². The zero-order chi connectivity index (χ0) is 9.71. The van der Waals surface area contributed by atoms with Crippen LogP contribution in [0.3, 0.4) is 0 Å². The lowest BCUT2D eigenvalue weighted by atomic mass is 10.1. The Morgan fingerprint density at radius 2 is 1.36 bits per heavy atom. The molecule has 0 spiro atoms. The second-order valence-electron chi connectivity index (χ2n) is 5.02. The van der Waals surface area contributed by atoms with Crippen LogP contribution in [0, 0.1) is 0 Å². The predicted molar refractivity (Wildman–Crippen MR) is 58.9 cm³/mol. The molecule has 1 heterocycles. The largest absolute Gasteiger partial charge is 0.346 e. The van der Waals surface area contributed by atoms with E-state index in [1.54, 1.807) is 22.5 Å². The van der Waals surface area contributed by atoms with E-state index in [1.165, 1.54) is 38.5 Å². The van der Waals surface area contributed by atoms with E-state index in [1.807, 2.05) is 0 Å². The summed E-state index contributed by atoms with van der Waals surface area (Å²) in [4.78, 5) is 0. The first-order chi connectivity index (χ1) is 6.79. The topological polar surface area (TPSA) is 4.93 Å². The monoisotopic (exact) mass is 189 g/mol. The van der Waals surface area contributed by atoms with Crippen molar-refractivity contribution in [3.05, 3.63) is 22.5 Å². The van der Waals surface area contributed by atoms with E-state index in [9.17, 15) is 0 Å². The molecule has 0 radical (unpaired) electrons. The molecule has 0 saturated carbocycles. The van der Waals surface area contributed by atoms with Gasteiger partial charge in [0.2, 0.25) is 0 Å². The summed E-state index contributed by atoms with van der Waals surface area (Å²) in [5.74, 6) is 0. The summed E-state index contributed by atoms with van der Waals surface area (Å²) in [6, 6.07) is 0.670. The summed E-state index contributed by atoms with van der Waals surface area (Å²) in [7, 11) is 0. The van der Waals surface area contributed by atoms with Crippen LogP contribution >= 0.6 is 0 Å². The Balaban J connectivity index is 2.22. The highest BCUT2D eigenvalue weighted by atomic mass is 15.0. The van der Waals surface area contributed by atoms with Crippen LogP contribution in [0.25, 0.3) is 0 Å². The van der Waals surface area contributed by atoms with Crippen LogP contribution in [0.4, 0.5) is 0 Å². The zero-order valence-corrected chi connectivity index (χ0v) is 9.27. The van der Waals surface area contributed by atoms with Crippen molar-refractivity contribution in [1.82, 2.24) is 4.57 Å². The maximum absolute atomic E-state index is 2.64. The van der Waals surface area contributed by atoms with Crippen molar-refractivity contribution in [3.63, 3.8) is 0 Å². The quantitative estimate of drug-likeness (QED) is 0.640. The first kappa shape index (κ1) is 8.58. The molecular weight excluding hydrogens is 170 g/mol. The summed E-state index contributed by atoms with van der Waals surface area (Å²) in [6.45, 7) is 4.66. The molecule has 2 aliphatic rings. The maximum atomic E-state index is 2.64. The van der Waals surface area contributed by atoms with Crippen molar-refractivity contribution in [1.29, 1.82) is 0 Å². The SMILES string of the molecule is CC(C)n1c2c(c3c1CCC3)CCC2. The van der Waals surface area contributed by atoms with E-state index in [-0.39, 0.29) is 0 Å². The summed E-state index contributed by atoms with van der Waals surface area (Å²) >= 11 is 0. The molecule has 1 aromatic rings. The van der Waals surface area contributed by atoms with Gasteiger partial charge in [0.1, 0.15) is 0 Å². The molecule has 0 saturated heterocycles. The van der Waals surface area contributed by atoms with Crippen molar-refractivity contribution in [2.75, 3.05) is 0 Å². The lowest BCUT2D eigenvalue weighted by Crippen LogP contribution is -2.08. The lowest BCUT2D eigenvalue weighted by Gasteiger charge is -2.15. The van der Waals surface area contributed by atoms with Gasteiger partial charge in [-0.1, -0.05) is 0 Å². The molecule has 3 rings (SSSR count). The molecule has 0 N–H and O–H groups in total. The van der Waals surface area contributed by atoms with Crippen molar-refractivity contribution >= 4 is 0 Å². The molecule has 0 bridgehead atoms. The predicted octanol–water partition coefficient (Wildman–Crippen LogP) is 3.05. The van der Waals surface area contributed by atoms with Gasteiger partial charge in [0.05, 0.1) is 0 Å². The molecule has 14 heavy (non-hydrogen) atoms. The second-order valence-corrected chi connectivity index (χ2v) is 5.02. The Kier molecular flexibility index (Phi) is 1.77. The highest BCUT2D eigenvalue weighted by Gasteiger charge is 2.28. The molecule has 2 aliphatic carbocycles. The van der Waals surface area contributed by atoms with Gasteiger partial charge < -0.3 is 4.57 Å². The van der Waals surface area contributed by atoms with E-state index in [0.29, 0.717) is 6.04 Å². The van der Waals surface area contributed by atoms with E-state index in [2.05, 4.69) is 18.4 Å². The van der Waals surface area contributed by atoms with Crippen LogP contribution in [0.5, 0.6) is 0 Å². The van der Waals surface area contributed by atoms with Crippen molar-refractivity contribution in [3.8, 4) is 0 Å². The van der Waals surface area contributed by atoms with Crippen molar-refractivity contribution in [2.45, 2.75) is 58.4 Å². The molecule has 1 heteroatoms. The van der Waals surface area contributed by atoms with Gasteiger partial charge in [0, 0.05) is 17.4 Å². The van der Waals surface area contributed by atoms with Crippen molar-refractivity contribution < 1.29 is 0 Å². The molecule has 0 fully saturated rings. The fourth-order valence-electron chi connectivity index (χ4n) is 3.42. The van der Waals surface area contributed by atoms with Crippen LogP contribution in [0.1, 0.15) is 55.2 Å². The average molecular weight is 189 g/mol. The fourth-order valence-corrected chi connectivity index (χ4v) is 3.42. The first-order valence-corrected chi connectivity index (χ1v) is 6.02. The Bertz CT molecular complexity index is 340. The highest BCUT2D eigenvalue weighted by Crippen LogP contribution is 2.37. The van der Waals surface area contributed by atoms with Crippen LogP contribution in [0.2, 0.25) is 0 Å². The zero-order valence-electron chi connectivity index (χ0n) is 9.27. The molecule has 1 nitrogen and oxygen atoms in total. The Labute approximate surface area is 86.1 Å². The number of rotatable bonds is 1. The number of hydrogen-bond donors (Lipinski definition) is 0. The first-order valence-electron chi connectivity index (χ1n) is 6.02. The third-order valence-electron chi connectivity index (χ3n) is 3.84. The Morgan fingerprint density at radius 1 is 0.857 bits per heavy atom. The molecule has 0 aromatic carbocycles. The average Bonchev–Trinajstić information content (AvgIpc) is 2.70. The minimum atomic E-state index is 0.670. The van der Waals surface area contributed by atoms with Gasteiger partial charge in [-0.2, -0.15) is 0 Å². The van der Waals surface area contributed by atoms with Crippen LogP contribution < -0.4 is 0 Å². The van der Waals surface area contributed by atoms with Gasteiger partial charge in [-0.15, -0.1) is 0 Å². The molecule has 0 aliphatic heterocycles. The van der Waals surface area contributed by atoms with Gasteiger partial charge in [-0.25, -0.2) is 0 Å². The maximum Gasteiger partial charge on any atom is 0.0279 e. The summed E-state index contributed by atoms with van der Waals surface area (Å²) in [6.07, 6.45) is 8.17. The number of nitrogens with zero attached hydrogens (tertiary/aromatic N) is 1. The van der Waals surface area contributed by atoms with Gasteiger partial charge in [0.25, 0.3) is 0 Å². The van der Waals surface area contributed by atoms with Gasteiger partial charge in [-0.3, -0.25) is 0 Å². The van der Waals surface area contributed by atoms with Gasteiger partial charge in [-0.05, 0) is 63.5 Å². The van der Waals surface area contributed by atoms with E-state index in [4.69, 9.17) is 0 Å². The van der Waals surface area contributed by atoms with Crippen LogP contribution in [0.15, 0.2) is 0 Å². The minimum absolute atomic E-state index is 0.670. The third-order valence-corrected chi connectivity index (χ3v) is 3.84. The molecule has 0 amide bonds. The van der Waals surface area contributed by atoms with Crippen LogP contribution in [-0.4, -0.2) is 4.57 Å². The number of fused-ring (bicyclic) bond motifs is 3.